The molecule has 7 nitrogen and oxygen atoms in total. The number of nitrogens with one attached hydrogen (secondary N) is 1. The van der Waals surface area contributed by atoms with E-state index in [-0.39, 0.29) is 57.8 Å². The summed E-state index contributed by atoms with van der Waals surface area (Å²) in [4.78, 5) is 13.2. The van der Waals surface area contributed by atoms with Gasteiger partial charge < -0.3 is 24.1 Å². The van der Waals surface area contributed by atoms with Gasteiger partial charge in [-0.25, -0.2) is 4.79 Å². The average Bonchev–Trinajstić information content (AvgIpc) is 3.18. The fourth-order valence-corrected chi connectivity index (χ4v) is 8.51. The first-order valence-electron chi connectivity index (χ1n) is 18.5. The van der Waals surface area contributed by atoms with Crippen LogP contribution in [0.15, 0.2) is 133 Å². The monoisotopic (exact) mass is 827 g/mol. The van der Waals surface area contributed by atoms with Crippen molar-refractivity contribution in [3.8, 4) is 11.5 Å². The molecule has 0 aliphatic carbocycles. The van der Waals surface area contributed by atoms with Crippen LogP contribution in [-0.2, 0) is 51.8 Å². The number of carbonyl (C=O) groups excluding carboxylic acids is 1. The number of hydrogen-bond acceptors (Lipinski definition) is 6. The van der Waals surface area contributed by atoms with Crippen molar-refractivity contribution in [1.29, 1.82) is 0 Å². The van der Waals surface area contributed by atoms with Crippen molar-refractivity contribution in [2.45, 2.75) is 69.6 Å². The van der Waals surface area contributed by atoms with E-state index in [0.29, 0.717) is 11.1 Å². The molecule has 0 spiro atoms. The zero-order chi connectivity index (χ0) is 41.7. The van der Waals surface area contributed by atoms with Gasteiger partial charge in [0, 0.05) is 0 Å². The molecule has 0 aromatic heterocycles. The molecule has 308 valence electrons. The standard InChI is InChI=1S/C44H44F6NO6P/c1-42(51-41(52)55-29-35-13-5-2-6-14-35,32-56-58(53,30-36-15-7-3-8-16-36)31-37-17-9-4-10-18-37)25-24-34-22-23-40(39(28-34)43(45,46)47)54-26-12-20-33-19-11-21-38(27-33)57-44(48,49)50/h2-11,13-19,21-23,27-28H,12,20,24-26,29-32H2,1H3,(H,51,52). The van der Waals surface area contributed by atoms with Gasteiger partial charge in [-0.15, -0.1) is 13.2 Å². The number of alkyl carbamates (subject to hydrolysis) is 1. The second kappa shape index (κ2) is 19.9. The van der Waals surface area contributed by atoms with Crippen molar-refractivity contribution in [1.82, 2.24) is 5.32 Å². The molecule has 0 fully saturated rings. The van der Waals surface area contributed by atoms with Crippen LogP contribution in [0.5, 0.6) is 11.5 Å². The van der Waals surface area contributed by atoms with Crippen LogP contribution in [0.2, 0.25) is 0 Å². The third-order valence-corrected chi connectivity index (χ3v) is 11.4. The molecule has 5 aromatic rings. The Morgan fingerprint density at radius 3 is 1.83 bits per heavy atom. The van der Waals surface area contributed by atoms with Gasteiger partial charge in [0.2, 0.25) is 7.37 Å². The number of amides is 1. The summed E-state index contributed by atoms with van der Waals surface area (Å²) in [5.74, 6) is -0.793. The minimum Gasteiger partial charge on any atom is -0.493 e. The summed E-state index contributed by atoms with van der Waals surface area (Å²) in [7, 11) is -3.45. The highest BCUT2D eigenvalue weighted by atomic mass is 31.2. The van der Waals surface area contributed by atoms with Gasteiger partial charge in [-0.05, 0) is 84.7 Å². The molecule has 1 atom stereocenters. The van der Waals surface area contributed by atoms with Crippen LogP contribution >= 0.6 is 7.37 Å². The first-order chi connectivity index (χ1) is 27.6. The van der Waals surface area contributed by atoms with Crippen LogP contribution in [0, 0.1) is 0 Å². The van der Waals surface area contributed by atoms with Gasteiger partial charge in [-0.2, -0.15) is 13.2 Å². The number of aryl methyl sites for hydroxylation is 2. The van der Waals surface area contributed by atoms with Gasteiger partial charge in [0.25, 0.3) is 0 Å². The van der Waals surface area contributed by atoms with Gasteiger partial charge in [-0.3, -0.25) is 4.57 Å². The molecular weight excluding hydrogens is 783 g/mol. The van der Waals surface area contributed by atoms with Crippen molar-refractivity contribution < 1.29 is 54.4 Å². The highest BCUT2D eigenvalue weighted by Crippen LogP contribution is 2.54. The van der Waals surface area contributed by atoms with Crippen molar-refractivity contribution in [3.63, 3.8) is 0 Å². The number of rotatable bonds is 19. The molecule has 0 aliphatic rings. The summed E-state index contributed by atoms with van der Waals surface area (Å²) < 4.78 is 117. The minimum absolute atomic E-state index is 0.0284. The predicted molar refractivity (Wildman–Crippen MR) is 209 cm³/mol. The number of benzene rings is 5. The van der Waals surface area contributed by atoms with E-state index in [0.717, 1.165) is 28.8 Å². The molecule has 1 unspecified atom stereocenters. The topological polar surface area (TPSA) is 83.1 Å². The van der Waals surface area contributed by atoms with Gasteiger partial charge in [0.15, 0.2) is 0 Å². The largest absolute Gasteiger partial charge is 0.573 e. The fourth-order valence-electron chi connectivity index (χ4n) is 6.16. The lowest BCUT2D eigenvalue weighted by atomic mass is 9.93. The Hall–Kier alpha value is -5.26. The van der Waals surface area contributed by atoms with E-state index in [9.17, 15) is 35.7 Å². The quantitative estimate of drug-likeness (QED) is 0.0507. The Bertz CT molecular complexity index is 2060. The second-order valence-corrected chi connectivity index (χ2v) is 16.6. The molecule has 1 amide bonds. The normalized spacial score (nSPS) is 13.0. The van der Waals surface area contributed by atoms with Crippen molar-refractivity contribution in [3.05, 3.63) is 167 Å². The molecule has 5 aromatic carbocycles. The highest BCUT2D eigenvalue weighted by Gasteiger charge is 2.36. The Kier molecular flexibility index (Phi) is 15.1. The summed E-state index contributed by atoms with van der Waals surface area (Å²) in [5, 5.41) is 2.84. The molecule has 0 saturated carbocycles. The van der Waals surface area contributed by atoms with E-state index in [4.69, 9.17) is 14.0 Å². The summed E-state index contributed by atoms with van der Waals surface area (Å²) in [6, 6.07) is 36.5. The molecule has 0 bridgehead atoms. The molecule has 0 aliphatic heterocycles. The molecular formula is C44H44F6NO6P. The van der Waals surface area contributed by atoms with Gasteiger partial charge in [-0.1, -0.05) is 109 Å². The van der Waals surface area contributed by atoms with Crippen LogP contribution < -0.4 is 14.8 Å². The molecule has 5 rings (SSSR count). The Balaban J connectivity index is 1.30. The first-order valence-corrected chi connectivity index (χ1v) is 20.5. The van der Waals surface area contributed by atoms with Crippen LogP contribution in [0.1, 0.15) is 53.1 Å². The lowest BCUT2D eigenvalue weighted by Gasteiger charge is -2.32. The Labute approximate surface area is 333 Å². The maximum Gasteiger partial charge on any atom is 0.573 e. The number of alkyl halides is 6. The molecule has 14 heteroatoms. The van der Waals surface area contributed by atoms with E-state index < -0.39 is 48.6 Å². The lowest BCUT2D eigenvalue weighted by Crippen LogP contribution is -2.50. The zero-order valence-electron chi connectivity index (χ0n) is 31.7. The van der Waals surface area contributed by atoms with Crippen LogP contribution in [0.25, 0.3) is 0 Å². The minimum atomic E-state index is -4.85. The zero-order valence-corrected chi connectivity index (χ0v) is 32.6. The van der Waals surface area contributed by atoms with Gasteiger partial charge in [0.1, 0.15) is 18.1 Å². The molecule has 0 radical (unpaired) electrons. The Morgan fingerprint density at radius 2 is 1.24 bits per heavy atom. The number of halogens is 6. The second-order valence-electron chi connectivity index (χ2n) is 14.1. The van der Waals surface area contributed by atoms with E-state index in [1.165, 1.54) is 24.3 Å². The maximum atomic E-state index is 14.6. The fraction of sp³-hybridized carbons (Fsp3) is 0.295. The summed E-state index contributed by atoms with van der Waals surface area (Å²) in [6.07, 6.45) is -9.58. The lowest BCUT2D eigenvalue weighted by molar-refractivity contribution is -0.274. The van der Waals surface area contributed by atoms with E-state index >= 15 is 0 Å². The molecule has 1 N–H and O–H groups in total. The summed E-state index contributed by atoms with van der Waals surface area (Å²) in [5.41, 5.74) is 0.885. The van der Waals surface area contributed by atoms with Crippen LogP contribution in [0.3, 0.4) is 0 Å². The van der Waals surface area contributed by atoms with E-state index in [2.05, 4.69) is 10.1 Å². The van der Waals surface area contributed by atoms with Crippen molar-refractivity contribution in [2.24, 2.45) is 0 Å². The summed E-state index contributed by atoms with van der Waals surface area (Å²) >= 11 is 0. The smallest absolute Gasteiger partial charge is 0.493 e. The van der Waals surface area contributed by atoms with Crippen LogP contribution in [0.4, 0.5) is 31.1 Å². The number of carbonyl (C=O) groups is 1. The number of hydrogen-bond donors (Lipinski definition) is 1. The van der Waals surface area contributed by atoms with E-state index in [1.807, 2.05) is 66.7 Å². The first kappa shape index (κ1) is 43.9. The molecule has 58 heavy (non-hydrogen) atoms. The van der Waals surface area contributed by atoms with E-state index in [1.54, 1.807) is 37.3 Å². The number of ether oxygens (including phenoxy) is 3. The van der Waals surface area contributed by atoms with Crippen molar-refractivity contribution in [2.75, 3.05) is 13.2 Å². The van der Waals surface area contributed by atoms with Crippen molar-refractivity contribution >= 4 is 13.5 Å². The molecule has 0 saturated heterocycles. The Morgan fingerprint density at radius 1 is 0.672 bits per heavy atom. The summed E-state index contributed by atoms with van der Waals surface area (Å²) in [6.45, 7) is 1.27. The molecule has 0 heterocycles. The van der Waals surface area contributed by atoms with Crippen LogP contribution in [-0.4, -0.2) is 31.2 Å². The maximum absolute atomic E-state index is 14.6. The third-order valence-electron chi connectivity index (χ3n) is 9.08. The predicted octanol–water partition coefficient (Wildman–Crippen LogP) is 11.9. The highest BCUT2D eigenvalue weighted by molar-refractivity contribution is 7.57. The van der Waals surface area contributed by atoms with Gasteiger partial charge in [0.05, 0.1) is 36.6 Å². The van der Waals surface area contributed by atoms with Gasteiger partial charge >= 0.3 is 18.6 Å². The third kappa shape index (κ3) is 14.6. The SMILES string of the molecule is CC(CCc1ccc(OCCCc2cccc(OC(F)(F)F)c2)c(C(F)(F)F)c1)(COP(=O)(Cc1ccccc1)Cc1ccccc1)NC(=O)OCc1ccccc1. The average molecular weight is 828 g/mol.